The van der Waals surface area contributed by atoms with Gasteiger partial charge in [-0.2, -0.15) is 0 Å². The Labute approximate surface area is 96.8 Å². The van der Waals surface area contributed by atoms with E-state index in [-0.39, 0.29) is 10.8 Å². The molecule has 0 amide bonds. The Hall–Kier alpha value is 0.314. The lowest BCUT2D eigenvalue weighted by Crippen LogP contribution is -2.65. The third-order valence-electron chi connectivity index (χ3n) is 3.40. The SMILES string of the molecule is CCC(N)[Si](C)(C)O[Si](C)(C)C(C)(C)N. The standard InChI is InChI=1S/C10H28N2OSi2/c1-8-9(11)14(4,5)13-15(6,7)10(2,3)12/h9H,8,11-12H2,1-7H3. The molecule has 0 aromatic rings. The average molecular weight is 249 g/mol. The maximum Gasteiger partial charge on any atom is 0.192 e. The van der Waals surface area contributed by atoms with Crippen LogP contribution in [0.25, 0.3) is 0 Å². The fraction of sp³-hybridized carbons (Fsp3) is 1.00. The number of rotatable bonds is 5. The molecule has 0 aromatic carbocycles. The first kappa shape index (κ1) is 15.3. The van der Waals surface area contributed by atoms with Gasteiger partial charge in [0, 0.05) is 10.8 Å². The maximum atomic E-state index is 6.37. The molecule has 15 heavy (non-hydrogen) atoms. The highest BCUT2D eigenvalue weighted by atomic mass is 28.4. The molecule has 0 bridgehead atoms. The summed E-state index contributed by atoms with van der Waals surface area (Å²) >= 11 is 0. The molecule has 0 aromatic heterocycles. The lowest BCUT2D eigenvalue weighted by Gasteiger charge is -2.43. The summed E-state index contributed by atoms with van der Waals surface area (Å²) in [5.74, 6) is 0. The van der Waals surface area contributed by atoms with Gasteiger partial charge in [0.1, 0.15) is 0 Å². The van der Waals surface area contributed by atoms with Crippen molar-refractivity contribution in [3.63, 3.8) is 0 Å². The van der Waals surface area contributed by atoms with Crippen molar-refractivity contribution in [2.75, 3.05) is 0 Å². The summed E-state index contributed by atoms with van der Waals surface area (Å²) in [4.78, 5) is 0. The minimum atomic E-state index is -1.86. The third kappa shape index (κ3) is 3.99. The van der Waals surface area contributed by atoms with Crippen molar-refractivity contribution in [1.82, 2.24) is 0 Å². The Morgan fingerprint density at radius 3 is 1.87 bits per heavy atom. The first-order valence-corrected chi connectivity index (χ1v) is 11.6. The molecule has 0 aliphatic carbocycles. The molecule has 0 aliphatic heterocycles. The van der Waals surface area contributed by atoms with Crippen LogP contribution < -0.4 is 11.5 Å². The topological polar surface area (TPSA) is 61.3 Å². The van der Waals surface area contributed by atoms with Crippen LogP contribution in [0.15, 0.2) is 0 Å². The molecule has 3 nitrogen and oxygen atoms in total. The van der Waals surface area contributed by atoms with E-state index in [4.69, 9.17) is 15.6 Å². The van der Waals surface area contributed by atoms with Gasteiger partial charge in [0.25, 0.3) is 0 Å². The molecule has 0 radical (unpaired) electrons. The third-order valence-corrected chi connectivity index (χ3v) is 12.8. The second-order valence-corrected chi connectivity index (χ2v) is 15.0. The zero-order chi connectivity index (χ0) is 12.5. The normalized spacial score (nSPS) is 16.6. The van der Waals surface area contributed by atoms with E-state index in [9.17, 15) is 0 Å². The van der Waals surface area contributed by atoms with Crippen molar-refractivity contribution in [2.24, 2.45) is 11.5 Å². The van der Waals surface area contributed by atoms with E-state index in [1.54, 1.807) is 0 Å². The van der Waals surface area contributed by atoms with Crippen molar-refractivity contribution >= 4 is 16.6 Å². The summed E-state index contributed by atoms with van der Waals surface area (Å²) in [6, 6.07) is 0. The molecule has 0 fully saturated rings. The molecule has 4 N–H and O–H groups in total. The number of nitrogens with two attached hydrogens (primary N) is 2. The zero-order valence-electron chi connectivity index (χ0n) is 11.3. The van der Waals surface area contributed by atoms with Crippen LogP contribution in [-0.2, 0) is 4.12 Å². The zero-order valence-corrected chi connectivity index (χ0v) is 13.3. The van der Waals surface area contributed by atoms with Crippen LogP contribution in [0.3, 0.4) is 0 Å². The van der Waals surface area contributed by atoms with Crippen LogP contribution in [0.5, 0.6) is 0 Å². The van der Waals surface area contributed by atoms with Gasteiger partial charge in [-0.1, -0.05) is 6.92 Å². The minimum Gasteiger partial charge on any atom is -0.453 e. The van der Waals surface area contributed by atoms with Crippen molar-refractivity contribution in [3.05, 3.63) is 0 Å². The van der Waals surface area contributed by atoms with E-state index in [0.717, 1.165) is 6.42 Å². The van der Waals surface area contributed by atoms with Crippen LogP contribution in [0.2, 0.25) is 26.2 Å². The Kier molecular flexibility index (Phi) is 4.77. The molecule has 0 spiro atoms. The van der Waals surface area contributed by atoms with Gasteiger partial charge < -0.3 is 15.6 Å². The van der Waals surface area contributed by atoms with E-state index in [1.807, 2.05) is 0 Å². The Morgan fingerprint density at radius 1 is 1.20 bits per heavy atom. The molecule has 1 unspecified atom stereocenters. The second kappa shape index (κ2) is 4.67. The molecule has 0 heterocycles. The second-order valence-electron chi connectivity index (χ2n) is 5.95. The van der Waals surface area contributed by atoms with Crippen molar-refractivity contribution in [2.45, 2.75) is 64.2 Å². The molecule has 0 saturated heterocycles. The van der Waals surface area contributed by atoms with Gasteiger partial charge >= 0.3 is 0 Å². The monoisotopic (exact) mass is 248 g/mol. The Bertz CT molecular complexity index is 212. The predicted molar refractivity (Wildman–Crippen MR) is 72.6 cm³/mol. The van der Waals surface area contributed by atoms with Gasteiger partial charge in [-0.3, -0.25) is 0 Å². The fourth-order valence-corrected chi connectivity index (χ4v) is 9.26. The molecule has 0 rings (SSSR count). The van der Waals surface area contributed by atoms with Gasteiger partial charge in [-0.25, -0.2) is 0 Å². The summed E-state index contributed by atoms with van der Waals surface area (Å²) in [6.45, 7) is 15.0. The molecule has 0 aliphatic rings. The first-order chi connectivity index (χ1) is 6.44. The van der Waals surface area contributed by atoms with E-state index in [1.165, 1.54) is 0 Å². The fourth-order valence-electron chi connectivity index (χ4n) is 1.36. The summed E-state index contributed by atoms with van der Waals surface area (Å²) in [6.07, 6.45) is 0.981. The summed E-state index contributed by atoms with van der Waals surface area (Å²) in [7, 11) is -3.65. The van der Waals surface area contributed by atoms with Gasteiger partial charge in [0.2, 0.25) is 0 Å². The lowest BCUT2D eigenvalue weighted by atomic mass is 10.4. The van der Waals surface area contributed by atoms with Crippen LogP contribution in [0.1, 0.15) is 27.2 Å². The molecule has 5 heteroatoms. The summed E-state index contributed by atoms with van der Waals surface area (Å²) in [5, 5.41) is -0.218. The predicted octanol–water partition coefficient (Wildman–Crippen LogP) is 1.97. The number of hydrogen-bond donors (Lipinski definition) is 2. The van der Waals surface area contributed by atoms with Gasteiger partial charge in [0.05, 0.1) is 0 Å². The summed E-state index contributed by atoms with van der Waals surface area (Å²) < 4.78 is 6.37. The Morgan fingerprint density at radius 2 is 1.60 bits per heavy atom. The molecular formula is C10H28N2OSi2. The van der Waals surface area contributed by atoms with Crippen molar-refractivity contribution in [3.8, 4) is 0 Å². The van der Waals surface area contributed by atoms with Crippen LogP contribution in [-0.4, -0.2) is 27.5 Å². The highest BCUT2D eigenvalue weighted by Gasteiger charge is 2.44. The quantitative estimate of drug-likeness (QED) is 0.731. The molecule has 0 saturated carbocycles. The van der Waals surface area contributed by atoms with E-state index in [0.29, 0.717) is 0 Å². The smallest absolute Gasteiger partial charge is 0.192 e. The first-order valence-electron chi connectivity index (χ1n) is 5.68. The highest BCUT2D eigenvalue weighted by molar-refractivity contribution is 6.87. The minimum absolute atomic E-state index is 0.201. The average Bonchev–Trinajstić information content (AvgIpc) is 1.98. The highest BCUT2D eigenvalue weighted by Crippen LogP contribution is 2.25. The van der Waals surface area contributed by atoms with E-state index >= 15 is 0 Å². The number of hydrogen-bond acceptors (Lipinski definition) is 3. The lowest BCUT2D eigenvalue weighted by molar-refractivity contribution is 0.465. The largest absolute Gasteiger partial charge is 0.453 e. The Balaban J connectivity index is 4.72. The molecule has 92 valence electrons. The molecule has 1 atom stereocenters. The maximum absolute atomic E-state index is 6.37. The van der Waals surface area contributed by atoms with Crippen LogP contribution in [0, 0.1) is 0 Å². The van der Waals surface area contributed by atoms with Crippen molar-refractivity contribution < 1.29 is 4.12 Å². The summed E-state index contributed by atoms with van der Waals surface area (Å²) in [5.41, 5.74) is 12.5. The van der Waals surface area contributed by atoms with Gasteiger partial charge in [-0.15, -0.1) is 0 Å². The van der Waals surface area contributed by atoms with Crippen LogP contribution in [0.4, 0.5) is 0 Å². The van der Waals surface area contributed by atoms with E-state index < -0.39 is 16.6 Å². The molecular weight excluding hydrogens is 220 g/mol. The van der Waals surface area contributed by atoms with Gasteiger partial charge in [-0.05, 0) is 46.5 Å². The van der Waals surface area contributed by atoms with Gasteiger partial charge in [0.15, 0.2) is 16.6 Å². The van der Waals surface area contributed by atoms with E-state index in [2.05, 4.69) is 47.0 Å². The van der Waals surface area contributed by atoms with Crippen LogP contribution >= 0.6 is 0 Å². The van der Waals surface area contributed by atoms with Crippen molar-refractivity contribution in [1.29, 1.82) is 0 Å².